The molecule has 0 saturated carbocycles. The Bertz CT molecular complexity index is 8270. The summed E-state index contributed by atoms with van der Waals surface area (Å²) in [5.41, 5.74) is 33.6. The van der Waals surface area contributed by atoms with Gasteiger partial charge in [0.1, 0.15) is 11.5 Å². The highest BCUT2D eigenvalue weighted by Crippen LogP contribution is 2.52. The van der Waals surface area contributed by atoms with Crippen molar-refractivity contribution in [3.63, 3.8) is 0 Å². The summed E-state index contributed by atoms with van der Waals surface area (Å²) in [6.45, 7) is 10.6. The maximum atomic E-state index is 8.62. The number of anilines is 15. The number of hydrogen-bond acceptors (Lipinski definition) is 6. The van der Waals surface area contributed by atoms with Crippen LogP contribution in [0.25, 0.3) is 0 Å². The minimum atomic E-state index is -3.46. The van der Waals surface area contributed by atoms with Crippen molar-refractivity contribution in [1.82, 2.24) is 0 Å². The van der Waals surface area contributed by atoms with Crippen LogP contribution in [0.1, 0.15) is 27.8 Å². The van der Waals surface area contributed by atoms with Crippen LogP contribution in [0, 0.1) is 34.6 Å². The third-order valence-corrected chi connectivity index (χ3v) is 46.1. The molecule has 6 aliphatic heterocycles. The van der Waals surface area contributed by atoms with Gasteiger partial charge in [-0.3, -0.25) is 0 Å². The zero-order chi connectivity index (χ0) is 95.3. The summed E-state index contributed by atoms with van der Waals surface area (Å²) >= 11 is 0. The van der Waals surface area contributed by atoms with Gasteiger partial charge in [-0.2, -0.15) is 0 Å². The van der Waals surface area contributed by atoms with E-state index in [4.69, 9.17) is 4.74 Å². The summed E-state index contributed by atoms with van der Waals surface area (Å²) in [6, 6.07) is 194. The van der Waals surface area contributed by atoms with Crippen LogP contribution in [0.3, 0.4) is 0 Å². The molecule has 21 aromatic carbocycles. The van der Waals surface area contributed by atoms with Crippen LogP contribution < -0.4 is 141 Å². The molecular weight excluding hydrogens is 1780 g/mol. The number of ether oxygens (including phenoxy) is 1. The quantitative estimate of drug-likeness (QED) is 0.0666. The molecule has 21 aromatic rings. The average Bonchev–Trinajstić information content (AvgIpc) is 0.673. The standard InChI is InChI=1S/C131H98B3N5OSi3/c1-89-47-39-42-76-114(89)137-117-87-118-111(132-108-74-40-43-77-115(108)135(94-52-17-6-18-53-94)120-79-105(81-122(127(120)132)138(118)130-90(2)48-45-49-91(130)3)141(96-56-21-8-22-57-96,97-58-23-9-24-59-97)98-60-25-10-26-61-98)85-110(117)134-113-86-112-119(88-125(113)140-126-84-107(83-124(137)129(126)134)143(102-68-33-14-34-69-102,103-70-35-15-36-71-103)104-72-37-16-38-73-104)139(131-92(4)50-46-51-93(131)5)123-82-106(80-121-128(123)133(112)109-75-41-44-78-116(109)136(121)95-54-19-7-20-55-95)142(99-62-27-11-28-63-99,100-64-29-12-30-65-100)101-66-31-13-32-67-101/h6-88H,1-5H3. The number of hydrogen-bond donors (Lipinski definition) is 0. The first-order valence-electron chi connectivity index (χ1n) is 50.1. The van der Waals surface area contributed by atoms with E-state index < -0.39 is 30.9 Å². The van der Waals surface area contributed by atoms with Crippen LogP contribution in [0.4, 0.5) is 85.3 Å². The molecule has 27 rings (SSSR count). The van der Waals surface area contributed by atoms with Crippen molar-refractivity contribution in [2.45, 2.75) is 34.6 Å². The van der Waals surface area contributed by atoms with Crippen molar-refractivity contribution in [3.8, 4) is 11.5 Å². The van der Waals surface area contributed by atoms with Crippen LogP contribution in [0.15, 0.2) is 504 Å². The molecule has 0 amide bonds. The molecule has 0 spiro atoms. The fraction of sp³-hybridized carbons (Fsp3) is 0.0382. The highest BCUT2D eigenvalue weighted by molar-refractivity contribution is 7.22. The Labute approximate surface area is 841 Å². The summed E-state index contributed by atoms with van der Waals surface area (Å²) in [6.07, 6.45) is 0. The molecule has 12 heteroatoms. The number of rotatable bonds is 17. The molecule has 0 atom stereocenters. The largest absolute Gasteiger partial charge is 0.458 e. The second-order valence-corrected chi connectivity index (χ2v) is 50.8. The molecule has 0 saturated heterocycles. The maximum absolute atomic E-state index is 8.62. The Morgan fingerprint density at radius 3 is 0.748 bits per heavy atom. The Hall–Kier alpha value is -16.7. The number of aryl methyl sites for hydroxylation is 5. The minimum absolute atomic E-state index is 0.302. The van der Waals surface area contributed by atoms with Gasteiger partial charge in [0.2, 0.25) is 0 Å². The van der Waals surface area contributed by atoms with Gasteiger partial charge in [0, 0.05) is 80.0 Å². The lowest BCUT2D eigenvalue weighted by atomic mass is 9.29. The van der Waals surface area contributed by atoms with Gasteiger partial charge in [-0.15, -0.1) is 0 Å². The van der Waals surface area contributed by atoms with Gasteiger partial charge in [0.15, 0.2) is 24.2 Å². The molecule has 6 aliphatic rings. The lowest BCUT2D eigenvalue weighted by Crippen LogP contribution is -2.75. The number of para-hydroxylation sites is 7. The fourth-order valence-corrected chi connectivity index (χ4v) is 40.4. The molecule has 0 bridgehead atoms. The lowest BCUT2D eigenvalue weighted by Gasteiger charge is -2.48. The first-order valence-corrected chi connectivity index (χ1v) is 56.1. The molecule has 674 valence electrons. The Balaban J connectivity index is 0.803. The van der Waals surface area contributed by atoms with E-state index in [0.29, 0.717) is 0 Å². The number of benzene rings is 21. The predicted molar refractivity (Wildman–Crippen MR) is 615 cm³/mol. The van der Waals surface area contributed by atoms with E-state index in [1.807, 2.05) is 0 Å². The molecule has 143 heavy (non-hydrogen) atoms. The van der Waals surface area contributed by atoms with Gasteiger partial charge in [-0.1, -0.05) is 413 Å². The van der Waals surface area contributed by atoms with E-state index in [1.165, 1.54) is 123 Å². The minimum Gasteiger partial charge on any atom is -0.458 e. The van der Waals surface area contributed by atoms with E-state index in [9.17, 15) is 0 Å². The summed E-state index contributed by atoms with van der Waals surface area (Å²) in [5.74, 6) is 1.65. The van der Waals surface area contributed by atoms with E-state index >= 15 is 0 Å². The Morgan fingerprint density at radius 1 is 0.161 bits per heavy atom. The number of fused-ring (bicyclic) bond motifs is 12. The summed E-state index contributed by atoms with van der Waals surface area (Å²) in [7, 11) is -10.2. The number of nitrogens with zero attached hydrogens (tertiary/aromatic N) is 5. The highest BCUT2D eigenvalue weighted by atomic mass is 28.3. The Morgan fingerprint density at radius 2 is 0.413 bits per heavy atom. The van der Waals surface area contributed by atoms with Crippen molar-refractivity contribution in [3.05, 3.63) is 531 Å². The zero-order valence-corrected chi connectivity index (χ0v) is 83.3. The van der Waals surface area contributed by atoms with Crippen molar-refractivity contribution in [2.75, 3.05) is 24.5 Å². The summed E-state index contributed by atoms with van der Waals surface area (Å²) in [5, 5.41) is 15.4. The zero-order valence-electron chi connectivity index (χ0n) is 80.3. The molecule has 0 unspecified atom stereocenters. The first-order chi connectivity index (χ1) is 70.6. The third kappa shape index (κ3) is 12.9. The molecule has 6 nitrogen and oxygen atoms in total. The van der Waals surface area contributed by atoms with Gasteiger partial charge in [0.25, 0.3) is 20.1 Å². The Kier molecular flexibility index (Phi) is 20.4. The van der Waals surface area contributed by atoms with Gasteiger partial charge in [0.05, 0.1) is 11.4 Å². The van der Waals surface area contributed by atoms with Crippen LogP contribution in [-0.4, -0.2) is 44.4 Å². The van der Waals surface area contributed by atoms with Crippen molar-refractivity contribution < 1.29 is 4.74 Å². The van der Waals surface area contributed by atoms with Crippen molar-refractivity contribution in [2.24, 2.45) is 0 Å². The van der Waals surface area contributed by atoms with E-state index in [-0.39, 0.29) is 13.4 Å². The van der Waals surface area contributed by atoms with E-state index in [1.54, 1.807) is 0 Å². The molecule has 0 aliphatic carbocycles. The summed E-state index contributed by atoms with van der Waals surface area (Å²) < 4.78 is 8.62. The van der Waals surface area contributed by atoms with Crippen LogP contribution in [0.5, 0.6) is 11.5 Å². The maximum Gasteiger partial charge on any atom is 0.256 e. The molecule has 6 heterocycles. The molecule has 0 N–H and O–H groups in total. The fourth-order valence-electron chi connectivity index (χ4n) is 26.1. The SMILES string of the molecule is Cc1ccccc1N1c2cc3c(cc2B2c4cc5c(cc4Oc4cc([Si](c6ccccc6)(c6ccccc6)c6ccccc6)cc1c42)N(c1c(C)cccc1C)c1cc([Si](c2ccccc2)(c2ccccc2)c2ccccc2)cc2c1B5c1ccccc1N2c1ccccc1)B1c2ccccc2N(c2ccccc2)c2cc([Si](c4ccccc4)(c4ccccc4)c4ccccc4)cc(c21)N3c1c(C)cccc1C. The summed E-state index contributed by atoms with van der Waals surface area (Å²) in [4.78, 5) is 13.4. The molecule has 0 fully saturated rings. The third-order valence-electron chi connectivity index (χ3n) is 31.8. The normalized spacial score (nSPS) is 13.3. The van der Waals surface area contributed by atoms with E-state index in [0.717, 1.165) is 113 Å². The van der Waals surface area contributed by atoms with E-state index in [2.05, 4.69) is 563 Å². The first kappa shape index (κ1) is 85.5. The van der Waals surface area contributed by atoms with Crippen LogP contribution >= 0.6 is 0 Å². The molecule has 0 radical (unpaired) electrons. The monoisotopic (exact) mass is 1870 g/mol. The van der Waals surface area contributed by atoms with Crippen molar-refractivity contribution >= 4 is 241 Å². The van der Waals surface area contributed by atoms with Gasteiger partial charge in [-0.25, -0.2) is 0 Å². The lowest BCUT2D eigenvalue weighted by molar-refractivity contribution is 0.488. The van der Waals surface area contributed by atoms with Crippen LogP contribution in [0.2, 0.25) is 0 Å². The topological polar surface area (TPSA) is 25.4 Å². The van der Waals surface area contributed by atoms with Crippen molar-refractivity contribution in [1.29, 1.82) is 0 Å². The second-order valence-electron chi connectivity index (χ2n) is 39.4. The van der Waals surface area contributed by atoms with Gasteiger partial charge in [-0.05, 0) is 259 Å². The van der Waals surface area contributed by atoms with Gasteiger partial charge >= 0.3 is 0 Å². The predicted octanol–water partition coefficient (Wildman–Crippen LogP) is 17.9. The smallest absolute Gasteiger partial charge is 0.256 e. The highest BCUT2D eigenvalue weighted by Gasteiger charge is 2.55. The molecular formula is C131H98B3N5OSi3. The van der Waals surface area contributed by atoms with Crippen LogP contribution in [-0.2, 0) is 0 Å². The van der Waals surface area contributed by atoms with Gasteiger partial charge < -0.3 is 29.2 Å². The molecule has 0 aromatic heterocycles. The average molecular weight is 1870 g/mol. The second kappa shape index (κ2) is 34.1.